The van der Waals surface area contributed by atoms with Gasteiger partial charge in [0, 0.05) is 24.2 Å². The number of amides is 1. The van der Waals surface area contributed by atoms with Crippen molar-refractivity contribution in [3.8, 4) is 17.2 Å². The van der Waals surface area contributed by atoms with Crippen LogP contribution in [-0.2, 0) is 4.79 Å². The van der Waals surface area contributed by atoms with Gasteiger partial charge in [0.05, 0.1) is 33.2 Å². The highest BCUT2D eigenvalue weighted by Crippen LogP contribution is 2.40. The lowest BCUT2D eigenvalue weighted by atomic mass is 10.2. The predicted octanol–water partition coefficient (Wildman–Crippen LogP) is 3.59. The largest absolute Gasteiger partial charge is 0.493 e. The lowest BCUT2D eigenvalue weighted by molar-refractivity contribution is -0.116. The van der Waals surface area contributed by atoms with Gasteiger partial charge in [-0.25, -0.2) is 4.98 Å². The Balaban J connectivity index is 2.15. The number of pyridine rings is 1. The summed E-state index contributed by atoms with van der Waals surface area (Å²) >= 11 is 0. The highest BCUT2D eigenvalue weighted by Gasteiger charge is 2.13. The molecule has 2 aromatic rings. The van der Waals surface area contributed by atoms with Crippen LogP contribution in [0.2, 0.25) is 0 Å². The highest BCUT2D eigenvalue weighted by molar-refractivity contribution is 5.89. The van der Waals surface area contributed by atoms with E-state index in [1.54, 1.807) is 45.7 Å². The molecule has 0 radical (unpaired) electrons. The second-order valence-electron chi connectivity index (χ2n) is 5.27. The second-order valence-corrected chi connectivity index (χ2v) is 5.27. The predicted molar refractivity (Wildman–Crippen MR) is 97.2 cm³/mol. The molecular formula is C18H23N3O4. The Morgan fingerprint density at radius 1 is 1.04 bits per heavy atom. The topological polar surface area (TPSA) is 81.7 Å². The molecule has 1 amide bonds. The zero-order valence-corrected chi connectivity index (χ0v) is 14.9. The van der Waals surface area contributed by atoms with Crippen molar-refractivity contribution in [3.05, 3.63) is 30.5 Å². The molecule has 7 heteroatoms. The van der Waals surface area contributed by atoms with Gasteiger partial charge in [0.2, 0.25) is 11.7 Å². The summed E-state index contributed by atoms with van der Waals surface area (Å²) < 4.78 is 16.0. The van der Waals surface area contributed by atoms with Gasteiger partial charge in [-0.05, 0) is 18.6 Å². The fourth-order valence-corrected chi connectivity index (χ4v) is 2.29. The monoisotopic (exact) mass is 345 g/mol. The standard InChI is InChI=1S/C18H23N3O4/c1-5-6-17(22)21-16-8-7-12(11-19-16)20-13-9-14(23-2)18(25-4)15(10-13)24-3/h7-11,20H,5-6H2,1-4H3,(H,19,21,22). The summed E-state index contributed by atoms with van der Waals surface area (Å²) in [6.07, 6.45) is 2.92. The van der Waals surface area contributed by atoms with E-state index in [1.165, 1.54) is 0 Å². The summed E-state index contributed by atoms with van der Waals surface area (Å²) in [5.41, 5.74) is 1.53. The molecular weight excluding hydrogens is 322 g/mol. The van der Waals surface area contributed by atoms with Crippen LogP contribution in [0, 0.1) is 0 Å². The molecule has 1 heterocycles. The van der Waals surface area contributed by atoms with Crippen LogP contribution >= 0.6 is 0 Å². The van der Waals surface area contributed by atoms with E-state index in [1.807, 2.05) is 13.0 Å². The molecule has 0 saturated heterocycles. The molecule has 0 bridgehead atoms. The molecule has 134 valence electrons. The first kappa shape index (κ1) is 18.4. The number of hydrogen-bond acceptors (Lipinski definition) is 6. The fourth-order valence-electron chi connectivity index (χ4n) is 2.29. The molecule has 0 spiro atoms. The van der Waals surface area contributed by atoms with Crippen LogP contribution in [0.5, 0.6) is 17.2 Å². The number of aromatic nitrogens is 1. The SMILES string of the molecule is CCCC(=O)Nc1ccc(Nc2cc(OC)c(OC)c(OC)c2)cn1. The number of methoxy groups -OCH3 is 3. The van der Waals surface area contributed by atoms with Crippen LogP contribution < -0.4 is 24.8 Å². The van der Waals surface area contributed by atoms with E-state index in [0.29, 0.717) is 29.5 Å². The van der Waals surface area contributed by atoms with Crippen LogP contribution in [0.3, 0.4) is 0 Å². The summed E-state index contributed by atoms with van der Waals surface area (Å²) in [5.74, 6) is 2.12. The Hall–Kier alpha value is -2.96. The Morgan fingerprint density at radius 3 is 2.20 bits per heavy atom. The van der Waals surface area contributed by atoms with Crippen molar-refractivity contribution in [1.29, 1.82) is 0 Å². The number of benzene rings is 1. The average Bonchev–Trinajstić information content (AvgIpc) is 2.62. The van der Waals surface area contributed by atoms with E-state index < -0.39 is 0 Å². The molecule has 7 nitrogen and oxygen atoms in total. The van der Waals surface area contributed by atoms with Crippen molar-refractivity contribution in [2.75, 3.05) is 32.0 Å². The van der Waals surface area contributed by atoms with Crippen molar-refractivity contribution in [2.24, 2.45) is 0 Å². The first-order valence-corrected chi connectivity index (χ1v) is 7.94. The van der Waals surface area contributed by atoms with Gasteiger partial charge >= 0.3 is 0 Å². The third-order valence-corrected chi connectivity index (χ3v) is 3.46. The van der Waals surface area contributed by atoms with Gasteiger partial charge in [0.1, 0.15) is 5.82 Å². The maximum absolute atomic E-state index is 11.6. The molecule has 0 atom stereocenters. The molecule has 0 fully saturated rings. The second kappa shape index (κ2) is 8.77. The molecule has 25 heavy (non-hydrogen) atoms. The van der Waals surface area contributed by atoms with Crippen molar-refractivity contribution in [3.63, 3.8) is 0 Å². The van der Waals surface area contributed by atoms with E-state index in [2.05, 4.69) is 15.6 Å². The van der Waals surface area contributed by atoms with Crippen molar-refractivity contribution in [1.82, 2.24) is 4.98 Å². The minimum absolute atomic E-state index is 0.0414. The smallest absolute Gasteiger partial charge is 0.225 e. The number of hydrogen-bond donors (Lipinski definition) is 2. The van der Waals surface area contributed by atoms with Crippen LogP contribution in [0.15, 0.2) is 30.5 Å². The Kier molecular flexibility index (Phi) is 6.45. The summed E-state index contributed by atoms with van der Waals surface area (Å²) in [4.78, 5) is 15.8. The lowest BCUT2D eigenvalue weighted by Crippen LogP contribution is -2.11. The summed E-state index contributed by atoms with van der Waals surface area (Å²) in [7, 11) is 4.69. The van der Waals surface area contributed by atoms with Crippen molar-refractivity contribution in [2.45, 2.75) is 19.8 Å². The van der Waals surface area contributed by atoms with Crippen molar-refractivity contribution < 1.29 is 19.0 Å². The zero-order valence-electron chi connectivity index (χ0n) is 14.9. The summed E-state index contributed by atoms with van der Waals surface area (Å²) in [6, 6.07) is 7.18. The summed E-state index contributed by atoms with van der Waals surface area (Å²) in [5, 5.41) is 5.97. The Bertz CT molecular complexity index is 692. The first-order valence-electron chi connectivity index (χ1n) is 7.94. The molecule has 0 aliphatic carbocycles. The fraction of sp³-hybridized carbons (Fsp3) is 0.333. The zero-order chi connectivity index (χ0) is 18.2. The molecule has 2 rings (SSSR count). The lowest BCUT2D eigenvalue weighted by Gasteiger charge is -2.15. The van der Waals surface area contributed by atoms with E-state index >= 15 is 0 Å². The number of nitrogens with one attached hydrogen (secondary N) is 2. The minimum Gasteiger partial charge on any atom is -0.493 e. The summed E-state index contributed by atoms with van der Waals surface area (Å²) in [6.45, 7) is 1.96. The first-order chi connectivity index (χ1) is 12.1. The molecule has 0 saturated carbocycles. The van der Waals surface area contributed by atoms with E-state index in [0.717, 1.165) is 17.8 Å². The molecule has 0 aliphatic heterocycles. The van der Waals surface area contributed by atoms with E-state index in [9.17, 15) is 4.79 Å². The molecule has 1 aromatic heterocycles. The van der Waals surface area contributed by atoms with Crippen LogP contribution in [0.4, 0.5) is 17.2 Å². The number of carbonyl (C=O) groups is 1. The van der Waals surface area contributed by atoms with E-state index in [-0.39, 0.29) is 5.91 Å². The Morgan fingerprint density at radius 2 is 1.72 bits per heavy atom. The third-order valence-electron chi connectivity index (χ3n) is 3.46. The molecule has 2 N–H and O–H groups in total. The van der Waals surface area contributed by atoms with Gasteiger partial charge in [-0.15, -0.1) is 0 Å². The number of carbonyl (C=O) groups excluding carboxylic acids is 1. The third kappa shape index (κ3) is 4.76. The highest BCUT2D eigenvalue weighted by atomic mass is 16.5. The van der Waals surface area contributed by atoms with Crippen molar-refractivity contribution >= 4 is 23.1 Å². The number of rotatable bonds is 8. The van der Waals surface area contributed by atoms with Crippen LogP contribution in [0.1, 0.15) is 19.8 Å². The normalized spacial score (nSPS) is 10.1. The molecule has 0 unspecified atom stereocenters. The van der Waals surface area contributed by atoms with Gasteiger partial charge in [-0.1, -0.05) is 6.92 Å². The minimum atomic E-state index is -0.0414. The molecule has 0 aliphatic rings. The Labute approximate surface area is 147 Å². The number of nitrogens with zero attached hydrogens (tertiary/aromatic N) is 1. The quantitative estimate of drug-likeness (QED) is 0.761. The van der Waals surface area contributed by atoms with Gasteiger partial charge in [0.15, 0.2) is 11.5 Å². The number of anilines is 3. The van der Waals surface area contributed by atoms with Gasteiger partial charge < -0.3 is 24.8 Å². The van der Waals surface area contributed by atoms with Crippen LogP contribution in [-0.4, -0.2) is 32.2 Å². The maximum atomic E-state index is 11.6. The number of ether oxygens (including phenoxy) is 3. The average molecular weight is 345 g/mol. The maximum Gasteiger partial charge on any atom is 0.225 e. The van der Waals surface area contributed by atoms with Gasteiger partial charge in [-0.2, -0.15) is 0 Å². The van der Waals surface area contributed by atoms with Crippen LogP contribution in [0.25, 0.3) is 0 Å². The van der Waals surface area contributed by atoms with Gasteiger partial charge in [0.25, 0.3) is 0 Å². The van der Waals surface area contributed by atoms with E-state index in [4.69, 9.17) is 14.2 Å². The molecule has 1 aromatic carbocycles. The van der Waals surface area contributed by atoms with Gasteiger partial charge in [-0.3, -0.25) is 4.79 Å².